The monoisotopic (exact) mass is 524 g/mol. The lowest BCUT2D eigenvalue weighted by Crippen LogP contribution is -2.40. The number of hydrogen-bond donors (Lipinski definition) is 1. The number of carbonyl (C=O) groups is 2. The normalized spacial score (nSPS) is 17.5. The fourth-order valence-corrected chi connectivity index (χ4v) is 3.73. The van der Waals surface area contributed by atoms with Gasteiger partial charge in [0.2, 0.25) is 11.8 Å². The highest BCUT2D eigenvalue weighted by Gasteiger charge is 2.33. The summed E-state index contributed by atoms with van der Waals surface area (Å²) in [6.45, 7) is 4.51. The van der Waals surface area contributed by atoms with Gasteiger partial charge >= 0.3 is 0 Å². The first-order valence-corrected chi connectivity index (χ1v) is 12.2. The fourth-order valence-electron chi connectivity index (χ4n) is 3.73. The molecule has 0 radical (unpaired) electrons. The number of methoxy groups -OCH3 is 1. The van der Waals surface area contributed by atoms with Crippen LogP contribution in [0.1, 0.15) is 18.9 Å². The van der Waals surface area contributed by atoms with Gasteiger partial charge in [-0.15, -0.1) is 5.10 Å². The smallest absolute Gasteiger partial charge is 0.254 e. The number of benzene rings is 1. The number of nitrogens with one attached hydrogen (secondary N) is 1. The van der Waals surface area contributed by atoms with Gasteiger partial charge in [-0.1, -0.05) is 22.9 Å². The van der Waals surface area contributed by atoms with Gasteiger partial charge in [-0.2, -0.15) is 0 Å². The second-order valence-corrected chi connectivity index (χ2v) is 9.10. The highest BCUT2D eigenvalue weighted by molar-refractivity contribution is 5.93. The van der Waals surface area contributed by atoms with Crippen LogP contribution in [0, 0.1) is 6.92 Å². The number of amides is 2. The topological polar surface area (TPSA) is 130 Å². The van der Waals surface area contributed by atoms with E-state index >= 15 is 0 Å². The molecule has 2 aromatic heterocycles. The van der Waals surface area contributed by atoms with E-state index in [0.717, 1.165) is 11.3 Å². The lowest BCUT2D eigenvalue weighted by molar-refractivity contribution is -0.133. The van der Waals surface area contributed by atoms with Gasteiger partial charge in [-0.05, 0) is 32.0 Å². The fraction of sp³-hybridized carbons (Fsp3) is 0.423. The first-order chi connectivity index (χ1) is 18.3. The van der Waals surface area contributed by atoms with Crippen molar-refractivity contribution >= 4 is 17.6 Å². The second-order valence-electron chi connectivity index (χ2n) is 9.10. The minimum Gasteiger partial charge on any atom is -0.491 e. The first kappa shape index (κ1) is 26.9. The lowest BCUT2D eigenvalue weighted by atomic mass is 10.2. The molecule has 1 unspecified atom stereocenters. The quantitative estimate of drug-likeness (QED) is 0.401. The van der Waals surface area contributed by atoms with Crippen LogP contribution in [0.15, 0.2) is 48.8 Å². The van der Waals surface area contributed by atoms with Gasteiger partial charge in [-0.3, -0.25) is 9.59 Å². The van der Waals surface area contributed by atoms with E-state index in [9.17, 15) is 9.59 Å². The highest BCUT2D eigenvalue weighted by Crippen LogP contribution is 2.23. The summed E-state index contributed by atoms with van der Waals surface area (Å²) in [5, 5.41) is 10.6. The van der Waals surface area contributed by atoms with Crippen molar-refractivity contribution in [2.45, 2.75) is 45.1 Å². The molecule has 0 bridgehead atoms. The number of likely N-dealkylation sites (N-methyl/N-ethyl adjacent to an activating group) is 1. The number of rotatable bonds is 11. The molecule has 1 aromatic carbocycles. The molecule has 1 aliphatic heterocycles. The van der Waals surface area contributed by atoms with Crippen molar-refractivity contribution in [2.75, 3.05) is 32.7 Å². The number of aromatic nitrogens is 4. The van der Waals surface area contributed by atoms with Crippen LogP contribution < -0.4 is 19.5 Å². The van der Waals surface area contributed by atoms with Gasteiger partial charge in [0.25, 0.3) is 5.91 Å². The molecule has 3 aromatic rings. The SMILES string of the molecule is COc1cc(O[C@@H]2CO[C@@H](C(=O)Nc3cn(CC(=O)N(C)C(C)COc4ccc(C)cc4)nn3)C2)ccn1. The molecule has 2 amide bonds. The van der Waals surface area contributed by atoms with Crippen molar-refractivity contribution in [3.05, 3.63) is 54.4 Å². The summed E-state index contributed by atoms with van der Waals surface area (Å²) in [4.78, 5) is 31.0. The molecule has 12 nitrogen and oxygen atoms in total. The van der Waals surface area contributed by atoms with Crippen LogP contribution in [0.3, 0.4) is 0 Å². The summed E-state index contributed by atoms with van der Waals surface area (Å²) in [6, 6.07) is 11.0. The van der Waals surface area contributed by atoms with Crippen LogP contribution in [0.5, 0.6) is 17.4 Å². The summed E-state index contributed by atoms with van der Waals surface area (Å²) >= 11 is 0. The van der Waals surface area contributed by atoms with Crippen molar-refractivity contribution < 1.29 is 28.5 Å². The van der Waals surface area contributed by atoms with Gasteiger partial charge in [0, 0.05) is 25.7 Å². The molecule has 1 aliphatic rings. The van der Waals surface area contributed by atoms with Gasteiger partial charge in [-0.25, -0.2) is 9.67 Å². The Hall–Kier alpha value is -4.19. The summed E-state index contributed by atoms with van der Waals surface area (Å²) < 4.78 is 23.7. The lowest BCUT2D eigenvalue weighted by Gasteiger charge is -2.25. The average Bonchev–Trinajstić information content (AvgIpc) is 3.57. The number of anilines is 1. The predicted octanol–water partition coefficient (Wildman–Crippen LogP) is 2.09. The number of nitrogens with zero attached hydrogens (tertiary/aromatic N) is 5. The van der Waals surface area contributed by atoms with Crippen LogP contribution in [0.2, 0.25) is 0 Å². The molecule has 4 rings (SSSR count). The van der Waals surface area contributed by atoms with E-state index in [-0.39, 0.29) is 42.9 Å². The minimum absolute atomic E-state index is 0.0283. The zero-order chi connectivity index (χ0) is 27.1. The molecule has 1 N–H and O–H groups in total. The second kappa shape index (κ2) is 12.4. The Morgan fingerprint density at radius 3 is 2.79 bits per heavy atom. The molecular weight excluding hydrogens is 492 g/mol. The molecule has 0 spiro atoms. The van der Waals surface area contributed by atoms with Crippen molar-refractivity contribution in [2.24, 2.45) is 0 Å². The first-order valence-electron chi connectivity index (χ1n) is 12.2. The van der Waals surface area contributed by atoms with E-state index in [1.54, 1.807) is 30.3 Å². The Labute approximate surface area is 220 Å². The molecule has 38 heavy (non-hydrogen) atoms. The van der Waals surface area contributed by atoms with Crippen molar-refractivity contribution in [1.82, 2.24) is 24.9 Å². The van der Waals surface area contributed by atoms with Crippen molar-refractivity contribution in [3.8, 4) is 17.4 Å². The van der Waals surface area contributed by atoms with E-state index < -0.39 is 6.10 Å². The molecule has 0 saturated carbocycles. The van der Waals surface area contributed by atoms with Crippen LogP contribution in [0.25, 0.3) is 0 Å². The number of aryl methyl sites for hydroxylation is 1. The third-order valence-corrected chi connectivity index (χ3v) is 6.12. The average molecular weight is 525 g/mol. The molecule has 1 saturated heterocycles. The summed E-state index contributed by atoms with van der Waals surface area (Å²) in [6.07, 6.45) is 2.47. The molecule has 3 heterocycles. The van der Waals surface area contributed by atoms with Gasteiger partial charge in [0.05, 0.1) is 26.0 Å². The minimum atomic E-state index is -0.698. The van der Waals surface area contributed by atoms with E-state index in [2.05, 4.69) is 20.6 Å². The molecule has 1 fully saturated rings. The number of carbonyl (C=O) groups excluding carboxylic acids is 2. The van der Waals surface area contributed by atoms with Crippen molar-refractivity contribution in [3.63, 3.8) is 0 Å². The Bertz CT molecular complexity index is 1230. The number of hydrogen-bond acceptors (Lipinski definition) is 9. The molecule has 0 aliphatic carbocycles. The maximum Gasteiger partial charge on any atom is 0.254 e. The summed E-state index contributed by atoms with van der Waals surface area (Å²) in [5.74, 6) is 1.48. The maximum atomic E-state index is 12.7. The Morgan fingerprint density at radius 2 is 2.03 bits per heavy atom. The molecule has 12 heteroatoms. The molecule has 3 atom stereocenters. The number of pyridine rings is 1. The third kappa shape index (κ3) is 7.19. The Morgan fingerprint density at radius 1 is 1.24 bits per heavy atom. The summed E-state index contributed by atoms with van der Waals surface area (Å²) in [7, 11) is 3.24. The van der Waals surface area contributed by atoms with Gasteiger partial charge < -0.3 is 29.2 Å². The van der Waals surface area contributed by atoms with Crippen LogP contribution in [0.4, 0.5) is 5.82 Å². The van der Waals surface area contributed by atoms with Crippen LogP contribution in [-0.2, 0) is 20.9 Å². The molecular formula is C26H32N6O6. The van der Waals surface area contributed by atoms with Gasteiger partial charge in [0.15, 0.2) is 5.82 Å². The highest BCUT2D eigenvalue weighted by atomic mass is 16.6. The Kier molecular flexibility index (Phi) is 8.74. The van der Waals surface area contributed by atoms with Crippen LogP contribution >= 0.6 is 0 Å². The zero-order valence-corrected chi connectivity index (χ0v) is 21.9. The Balaban J connectivity index is 1.22. The largest absolute Gasteiger partial charge is 0.491 e. The predicted molar refractivity (Wildman–Crippen MR) is 137 cm³/mol. The van der Waals surface area contributed by atoms with Gasteiger partial charge in [0.1, 0.15) is 36.9 Å². The van der Waals surface area contributed by atoms with E-state index in [1.165, 1.54) is 18.0 Å². The third-order valence-electron chi connectivity index (χ3n) is 6.12. The standard InChI is InChI=1S/C26H32N6O6/c1-17-5-7-19(8-6-17)36-15-18(2)31(3)25(33)14-32-13-23(29-30-32)28-26(34)22-11-21(16-37-22)38-20-9-10-27-24(12-20)35-4/h5-10,12-13,18,21-22H,11,14-16H2,1-4H3,(H,28,34)/t18?,21-,22+/m0/s1. The zero-order valence-electron chi connectivity index (χ0n) is 21.9. The van der Waals surface area contributed by atoms with E-state index in [0.29, 0.717) is 24.7 Å². The number of ether oxygens (including phenoxy) is 4. The summed E-state index contributed by atoms with van der Waals surface area (Å²) in [5.41, 5.74) is 1.15. The van der Waals surface area contributed by atoms with E-state index in [1.807, 2.05) is 38.1 Å². The molecule has 202 valence electrons. The van der Waals surface area contributed by atoms with Crippen molar-refractivity contribution in [1.29, 1.82) is 0 Å². The van der Waals surface area contributed by atoms with Crippen LogP contribution in [-0.4, -0.2) is 82.3 Å². The maximum absolute atomic E-state index is 12.7. The van der Waals surface area contributed by atoms with E-state index in [4.69, 9.17) is 18.9 Å².